The van der Waals surface area contributed by atoms with E-state index in [4.69, 9.17) is 0 Å². The lowest BCUT2D eigenvalue weighted by molar-refractivity contribution is 0.482. The van der Waals surface area contributed by atoms with E-state index in [-0.39, 0.29) is 0 Å². The molecule has 2 aliphatic rings. The summed E-state index contributed by atoms with van der Waals surface area (Å²) < 4.78 is 0. The minimum absolute atomic E-state index is 0.797. The van der Waals surface area contributed by atoms with E-state index in [2.05, 4.69) is 10.3 Å². The Balaban J connectivity index is 1.48. The highest BCUT2D eigenvalue weighted by molar-refractivity contribution is 7.09. The molecule has 1 N–H and O–H groups in total. The van der Waals surface area contributed by atoms with Crippen LogP contribution >= 0.6 is 11.3 Å². The number of nitrogens with one attached hydrogen (secondary N) is 1. The Morgan fingerprint density at radius 2 is 2.23 bits per heavy atom. The Bertz CT molecular complexity index is 273. The number of nitrogens with zero attached hydrogens (tertiary/aromatic N) is 1. The monoisotopic (exact) mass is 194 g/mol. The molecule has 0 aromatic carbocycles. The van der Waals surface area contributed by atoms with Crippen LogP contribution in [0.4, 0.5) is 0 Å². The molecule has 3 heteroatoms. The van der Waals surface area contributed by atoms with Crippen LogP contribution in [0, 0.1) is 11.8 Å². The third-order valence-electron chi connectivity index (χ3n) is 3.29. The minimum atomic E-state index is 0.797. The Labute approximate surface area is 82.4 Å². The van der Waals surface area contributed by atoms with Crippen LogP contribution in [0.5, 0.6) is 0 Å². The van der Waals surface area contributed by atoms with E-state index in [1.165, 1.54) is 24.1 Å². The van der Waals surface area contributed by atoms with Crippen LogP contribution in [0.15, 0.2) is 11.7 Å². The van der Waals surface area contributed by atoms with Gasteiger partial charge in [0.1, 0.15) is 0 Å². The minimum Gasteiger partial charge on any atom is -0.309 e. The van der Waals surface area contributed by atoms with Gasteiger partial charge in [-0.05, 0) is 31.1 Å². The average Bonchev–Trinajstić information content (AvgIpc) is 2.64. The second kappa shape index (κ2) is 3.07. The van der Waals surface area contributed by atoms with Crippen LogP contribution in [-0.2, 0) is 6.54 Å². The lowest BCUT2D eigenvalue weighted by atomic mass is 10.1. The van der Waals surface area contributed by atoms with Gasteiger partial charge in [0.2, 0.25) is 0 Å². The van der Waals surface area contributed by atoms with Crippen molar-refractivity contribution in [2.75, 3.05) is 0 Å². The molecule has 13 heavy (non-hydrogen) atoms. The molecule has 2 saturated carbocycles. The average molecular weight is 194 g/mol. The molecule has 2 atom stereocenters. The van der Waals surface area contributed by atoms with E-state index in [0.29, 0.717) is 0 Å². The van der Waals surface area contributed by atoms with Crippen LogP contribution in [0.1, 0.15) is 24.1 Å². The van der Waals surface area contributed by atoms with Crippen molar-refractivity contribution in [1.29, 1.82) is 0 Å². The summed E-state index contributed by atoms with van der Waals surface area (Å²) in [4.78, 5) is 5.43. The molecule has 0 spiro atoms. The first-order valence-electron chi connectivity index (χ1n) is 5.02. The highest BCUT2D eigenvalue weighted by atomic mass is 32.1. The second-order valence-corrected chi connectivity index (χ2v) is 5.24. The van der Waals surface area contributed by atoms with Crippen molar-refractivity contribution in [2.45, 2.75) is 31.8 Å². The number of fused-ring (bicyclic) bond motifs is 1. The van der Waals surface area contributed by atoms with Gasteiger partial charge in [-0.2, -0.15) is 0 Å². The van der Waals surface area contributed by atoms with Gasteiger partial charge in [-0.25, -0.2) is 0 Å². The first kappa shape index (κ1) is 7.94. The van der Waals surface area contributed by atoms with Gasteiger partial charge < -0.3 is 5.32 Å². The van der Waals surface area contributed by atoms with Crippen LogP contribution in [0.2, 0.25) is 0 Å². The fraction of sp³-hybridized carbons (Fsp3) is 0.700. The highest BCUT2D eigenvalue weighted by Gasteiger charge is 2.45. The fourth-order valence-electron chi connectivity index (χ4n) is 2.46. The van der Waals surface area contributed by atoms with Crippen molar-refractivity contribution in [2.24, 2.45) is 11.8 Å². The lowest BCUT2D eigenvalue weighted by Crippen LogP contribution is -2.26. The van der Waals surface area contributed by atoms with Gasteiger partial charge in [0.15, 0.2) is 0 Å². The summed E-state index contributed by atoms with van der Waals surface area (Å²) in [6, 6.07) is 0.797. The third-order valence-corrected chi connectivity index (χ3v) is 4.07. The van der Waals surface area contributed by atoms with Crippen molar-refractivity contribution in [3.63, 3.8) is 0 Å². The summed E-state index contributed by atoms with van der Waals surface area (Å²) in [6.45, 7) is 1.02. The predicted octanol–water partition coefficient (Wildman–Crippen LogP) is 2.03. The molecular formula is C10H14N2S. The Hall–Kier alpha value is -0.410. The summed E-state index contributed by atoms with van der Waals surface area (Å²) in [7, 11) is 0. The molecule has 2 fully saturated rings. The molecule has 1 aromatic rings. The maximum absolute atomic E-state index is 4.07. The van der Waals surface area contributed by atoms with Crippen molar-refractivity contribution >= 4 is 11.3 Å². The standard InChI is InChI=1S/C10H14N2S/c1-7-2-9(3-8(1)7)12-5-10-4-11-6-13-10/h4,6-9,12H,1-3,5H2. The first-order chi connectivity index (χ1) is 6.42. The number of thiazole rings is 1. The van der Waals surface area contributed by atoms with Crippen LogP contribution in [0.3, 0.4) is 0 Å². The maximum atomic E-state index is 4.07. The highest BCUT2D eigenvalue weighted by Crippen LogP contribution is 2.51. The SMILES string of the molecule is c1ncc(CNC2CC3CC3C2)s1. The topological polar surface area (TPSA) is 24.9 Å². The zero-order chi connectivity index (χ0) is 8.67. The van der Waals surface area contributed by atoms with E-state index in [1.54, 1.807) is 11.3 Å². The third kappa shape index (κ3) is 1.63. The smallest absolute Gasteiger partial charge is 0.0794 e. The Morgan fingerprint density at radius 1 is 1.38 bits per heavy atom. The van der Waals surface area contributed by atoms with Crippen molar-refractivity contribution in [3.8, 4) is 0 Å². The van der Waals surface area contributed by atoms with Gasteiger partial charge in [0.25, 0.3) is 0 Å². The quantitative estimate of drug-likeness (QED) is 0.796. The van der Waals surface area contributed by atoms with Crippen molar-refractivity contribution in [3.05, 3.63) is 16.6 Å². The Kier molecular flexibility index (Phi) is 1.87. The molecular weight excluding hydrogens is 180 g/mol. The molecule has 2 unspecified atom stereocenters. The first-order valence-corrected chi connectivity index (χ1v) is 5.90. The van der Waals surface area contributed by atoms with E-state index in [0.717, 1.165) is 24.4 Å². The number of aromatic nitrogens is 1. The van der Waals surface area contributed by atoms with Gasteiger partial charge in [0.05, 0.1) is 5.51 Å². The zero-order valence-electron chi connectivity index (χ0n) is 7.57. The van der Waals surface area contributed by atoms with E-state index >= 15 is 0 Å². The summed E-state index contributed by atoms with van der Waals surface area (Å²) in [6.07, 6.45) is 6.32. The summed E-state index contributed by atoms with van der Waals surface area (Å²) in [5.41, 5.74) is 1.91. The van der Waals surface area contributed by atoms with E-state index < -0.39 is 0 Å². The molecule has 0 radical (unpaired) electrons. The predicted molar refractivity (Wildman–Crippen MR) is 53.6 cm³/mol. The van der Waals surface area contributed by atoms with Crippen LogP contribution < -0.4 is 5.32 Å². The largest absolute Gasteiger partial charge is 0.309 e. The molecule has 0 bridgehead atoms. The fourth-order valence-corrected chi connectivity index (χ4v) is 3.00. The normalized spacial score (nSPS) is 36.2. The number of rotatable bonds is 3. The number of hydrogen-bond acceptors (Lipinski definition) is 3. The molecule has 2 aliphatic carbocycles. The van der Waals surface area contributed by atoms with Gasteiger partial charge in [-0.3, -0.25) is 4.98 Å². The summed E-state index contributed by atoms with van der Waals surface area (Å²) in [5, 5.41) is 3.62. The number of hydrogen-bond donors (Lipinski definition) is 1. The molecule has 1 heterocycles. The molecule has 70 valence electrons. The van der Waals surface area contributed by atoms with E-state index in [9.17, 15) is 0 Å². The molecule has 0 aliphatic heterocycles. The van der Waals surface area contributed by atoms with E-state index in [1.807, 2.05) is 11.7 Å². The van der Waals surface area contributed by atoms with Gasteiger partial charge in [0, 0.05) is 23.7 Å². The molecule has 2 nitrogen and oxygen atoms in total. The van der Waals surface area contributed by atoms with Gasteiger partial charge in [-0.15, -0.1) is 11.3 Å². The van der Waals surface area contributed by atoms with Crippen LogP contribution in [0.25, 0.3) is 0 Å². The van der Waals surface area contributed by atoms with Crippen LogP contribution in [-0.4, -0.2) is 11.0 Å². The lowest BCUT2D eigenvalue weighted by Gasteiger charge is -2.12. The molecule has 0 saturated heterocycles. The zero-order valence-corrected chi connectivity index (χ0v) is 8.39. The van der Waals surface area contributed by atoms with Gasteiger partial charge >= 0.3 is 0 Å². The van der Waals surface area contributed by atoms with Crippen molar-refractivity contribution in [1.82, 2.24) is 10.3 Å². The molecule has 1 aromatic heterocycles. The summed E-state index contributed by atoms with van der Waals surface area (Å²) in [5.74, 6) is 2.16. The molecule has 3 rings (SSSR count). The van der Waals surface area contributed by atoms with Gasteiger partial charge in [-0.1, -0.05) is 0 Å². The maximum Gasteiger partial charge on any atom is 0.0794 e. The Morgan fingerprint density at radius 3 is 2.92 bits per heavy atom. The molecule has 0 amide bonds. The second-order valence-electron chi connectivity index (χ2n) is 4.27. The summed E-state index contributed by atoms with van der Waals surface area (Å²) >= 11 is 1.74. The van der Waals surface area contributed by atoms with Crippen molar-refractivity contribution < 1.29 is 0 Å².